The molecule has 1 aromatic heterocycles. The van der Waals surface area contributed by atoms with Crippen LogP contribution in [0.2, 0.25) is 0 Å². The van der Waals surface area contributed by atoms with Crippen molar-refractivity contribution in [1.82, 2.24) is 15.5 Å². The van der Waals surface area contributed by atoms with Gasteiger partial charge in [-0.2, -0.15) is 0 Å². The molecule has 0 aliphatic carbocycles. The molecule has 0 radical (unpaired) electrons. The van der Waals surface area contributed by atoms with Crippen molar-refractivity contribution in [3.63, 3.8) is 0 Å². The molecule has 0 bridgehead atoms. The van der Waals surface area contributed by atoms with Gasteiger partial charge in [-0.1, -0.05) is 13.0 Å². The first-order valence-electron chi connectivity index (χ1n) is 6.53. The lowest BCUT2D eigenvalue weighted by molar-refractivity contribution is -0.122. The molecule has 2 N–H and O–H groups in total. The Morgan fingerprint density at radius 1 is 1.67 bits per heavy atom. The maximum absolute atomic E-state index is 11.9. The van der Waals surface area contributed by atoms with E-state index in [0.717, 1.165) is 26.1 Å². The highest BCUT2D eigenvalue weighted by Crippen LogP contribution is 2.09. The second-order valence-electron chi connectivity index (χ2n) is 4.57. The molecule has 1 amide bonds. The predicted octanol–water partition coefficient (Wildman–Crippen LogP) is 1.05. The highest BCUT2D eigenvalue weighted by Gasteiger charge is 2.22. The Hall–Kier alpha value is -0.910. The normalized spacial score (nSPS) is 19.3. The number of amides is 1. The zero-order chi connectivity index (χ0) is 12.8. The topological polar surface area (TPSA) is 44.4 Å². The number of carbonyl (C=O) groups excluding carboxylic acids is 1. The third kappa shape index (κ3) is 3.80. The lowest BCUT2D eigenvalue weighted by atomic mass is 10.2. The highest BCUT2D eigenvalue weighted by atomic mass is 32.1. The van der Waals surface area contributed by atoms with Gasteiger partial charge in [-0.05, 0) is 31.0 Å². The average Bonchev–Trinajstić information content (AvgIpc) is 3.05. The van der Waals surface area contributed by atoms with Gasteiger partial charge in [0.25, 0.3) is 0 Å². The van der Waals surface area contributed by atoms with Crippen LogP contribution in [0.3, 0.4) is 0 Å². The van der Waals surface area contributed by atoms with Crippen LogP contribution in [-0.2, 0) is 11.3 Å². The van der Waals surface area contributed by atoms with Gasteiger partial charge in [0.15, 0.2) is 0 Å². The number of nitrogens with one attached hydrogen (secondary N) is 2. The molecule has 0 aromatic carbocycles. The smallest absolute Gasteiger partial charge is 0.234 e. The molecule has 0 saturated carbocycles. The minimum atomic E-state index is 0.122. The molecule has 1 atom stereocenters. The average molecular weight is 267 g/mol. The second-order valence-corrected chi connectivity index (χ2v) is 5.60. The molecule has 1 saturated heterocycles. The zero-order valence-electron chi connectivity index (χ0n) is 10.8. The van der Waals surface area contributed by atoms with Gasteiger partial charge in [0.1, 0.15) is 0 Å². The Balaban J connectivity index is 1.74. The molecule has 2 heterocycles. The Kier molecular flexibility index (Phi) is 5.16. The summed E-state index contributed by atoms with van der Waals surface area (Å²) in [7, 11) is 0. The van der Waals surface area contributed by atoms with Crippen LogP contribution in [0.25, 0.3) is 0 Å². The van der Waals surface area contributed by atoms with Crippen LogP contribution in [0.5, 0.6) is 0 Å². The van der Waals surface area contributed by atoms with Crippen molar-refractivity contribution in [1.29, 1.82) is 0 Å². The van der Waals surface area contributed by atoms with Crippen LogP contribution >= 0.6 is 11.3 Å². The molecule has 1 aromatic rings. The van der Waals surface area contributed by atoms with Crippen molar-refractivity contribution in [2.75, 3.05) is 26.2 Å². The molecule has 0 spiro atoms. The number of thiophene rings is 1. The summed E-state index contributed by atoms with van der Waals surface area (Å²) in [5.41, 5.74) is 0. The van der Waals surface area contributed by atoms with Crippen LogP contribution in [0.15, 0.2) is 17.5 Å². The van der Waals surface area contributed by atoms with Gasteiger partial charge < -0.3 is 10.6 Å². The third-order valence-electron chi connectivity index (χ3n) is 3.34. The summed E-state index contributed by atoms with van der Waals surface area (Å²) in [6, 6.07) is 4.57. The van der Waals surface area contributed by atoms with Crippen LogP contribution in [-0.4, -0.2) is 43.0 Å². The van der Waals surface area contributed by atoms with E-state index in [1.165, 1.54) is 4.88 Å². The number of nitrogens with zero attached hydrogens (tertiary/aromatic N) is 1. The van der Waals surface area contributed by atoms with E-state index in [9.17, 15) is 4.79 Å². The molecule has 1 unspecified atom stereocenters. The van der Waals surface area contributed by atoms with Crippen molar-refractivity contribution >= 4 is 17.2 Å². The molecule has 1 fully saturated rings. The van der Waals surface area contributed by atoms with E-state index in [2.05, 4.69) is 22.5 Å². The summed E-state index contributed by atoms with van der Waals surface area (Å²) in [5.74, 6) is 0.122. The van der Waals surface area contributed by atoms with E-state index < -0.39 is 0 Å². The van der Waals surface area contributed by atoms with E-state index in [4.69, 9.17) is 0 Å². The van der Waals surface area contributed by atoms with E-state index >= 15 is 0 Å². The van der Waals surface area contributed by atoms with Crippen LogP contribution in [0.4, 0.5) is 0 Å². The monoisotopic (exact) mass is 267 g/mol. The minimum absolute atomic E-state index is 0.122. The SMILES string of the molecule is CCN(CC(=O)NCc1cccs1)C1CCNC1. The van der Waals surface area contributed by atoms with Gasteiger partial charge in [0.2, 0.25) is 5.91 Å². The van der Waals surface area contributed by atoms with E-state index in [0.29, 0.717) is 19.1 Å². The van der Waals surface area contributed by atoms with Crippen molar-refractivity contribution in [2.24, 2.45) is 0 Å². The van der Waals surface area contributed by atoms with Crippen LogP contribution < -0.4 is 10.6 Å². The fourth-order valence-electron chi connectivity index (χ4n) is 2.29. The van der Waals surface area contributed by atoms with Crippen LogP contribution in [0, 0.1) is 0 Å². The first-order valence-corrected chi connectivity index (χ1v) is 7.41. The molecule has 1 aliphatic heterocycles. The summed E-state index contributed by atoms with van der Waals surface area (Å²) < 4.78 is 0. The fourth-order valence-corrected chi connectivity index (χ4v) is 2.93. The predicted molar refractivity (Wildman–Crippen MR) is 74.7 cm³/mol. The number of rotatable bonds is 6. The number of hydrogen-bond donors (Lipinski definition) is 2. The Morgan fingerprint density at radius 2 is 2.56 bits per heavy atom. The van der Waals surface area contributed by atoms with E-state index in [1.807, 2.05) is 17.5 Å². The molecule has 18 heavy (non-hydrogen) atoms. The molecule has 2 rings (SSSR count). The van der Waals surface area contributed by atoms with Gasteiger partial charge >= 0.3 is 0 Å². The summed E-state index contributed by atoms with van der Waals surface area (Å²) in [4.78, 5) is 15.4. The fraction of sp³-hybridized carbons (Fsp3) is 0.615. The molecule has 4 nitrogen and oxygen atoms in total. The molecule has 100 valence electrons. The Morgan fingerprint density at radius 3 is 3.17 bits per heavy atom. The largest absolute Gasteiger partial charge is 0.350 e. The maximum Gasteiger partial charge on any atom is 0.234 e. The summed E-state index contributed by atoms with van der Waals surface area (Å²) in [6.45, 7) is 6.28. The number of likely N-dealkylation sites (N-methyl/N-ethyl adjacent to an activating group) is 1. The van der Waals surface area contributed by atoms with Gasteiger partial charge in [0.05, 0.1) is 13.1 Å². The summed E-state index contributed by atoms with van der Waals surface area (Å²) >= 11 is 1.68. The van der Waals surface area contributed by atoms with Crippen molar-refractivity contribution in [3.8, 4) is 0 Å². The maximum atomic E-state index is 11.9. The minimum Gasteiger partial charge on any atom is -0.350 e. The quantitative estimate of drug-likeness (QED) is 0.810. The lowest BCUT2D eigenvalue weighted by Crippen LogP contribution is -2.43. The van der Waals surface area contributed by atoms with Crippen molar-refractivity contribution in [3.05, 3.63) is 22.4 Å². The second kappa shape index (κ2) is 6.87. The first-order chi connectivity index (χ1) is 8.79. The Labute approximate surface area is 112 Å². The van der Waals surface area contributed by atoms with Gasteiger partial charge in [-0.3, -0.25) is 9.69 Å². The molecular formula is C13H21N3OS. The third-order valence-corrected chi connectivity index (χ3v) is 4.22. The summed E-state index contributed by atoms with van der Waals surface area (Å²) in [5, 5.41) is 8.36. The van der Waals surface area contributed by atoms with Crippen molar-refractivity contribution in [2.45, 2.75) is 25.9 Å². The highest BCUT2D eigenvalue weighted by molar-refractivity contribution is 7.09. The zero-order valence-corrected chi connectivity index (χ0v) is 11.6. The van der Waals surface area contributed by atoms with Crippen molar-refractivity contribution < 1.29 is 4.79 Å². The van der Waals surface area contributed by atoms with Gasteiger partial charge in [0, 0.05) is 17.5 Å². The lowest BCUT2D eigenvalue weighted by Gasteiger charge is -2.26. The van der Waals surface area contributed by atoms with E-state index in [1.54, 1.807) is 11.3 Å². The molecule has 1 aliphatic rings. The Bertz CT molecular complexity index is 360. The number of hydrogen-bond acceptors (Lipinski definition) is 4. The number of carbonyl (C=O) groups is 1. The van der Waals surface area contributed by atoms with Gasteiger partial charge in [-0.15, -0.1) is 11.3 Å². The molecular weight excluding hydrogens is 246 g/mol. The molecule has 5 heteroatoms. The first kappa shape index (κ1) is 13.5. The van der Waals surface area contributed by atoms with Gasteiger partial charge in [-0.25, -0.2) is 0 Å². The standard InChI is InChI=1S/C13H21N3OS/c1-2-16(11-5-6-14-8-11)10-13(17)15-9-12-4-3-7-18-12/h3-4,7,11,14H,2,5-6,8-10H2,1H3,(H,15,17). The van der Waals surface area contributed by atoms with Crippen LogP contribution in [0.1, 0.15) is 18.2 Å². The van der Waals surface area contributed by atoms with E-state index in [-0.39, 0.29) is 5.91 Å². The summed E-state index contributed by atoms with van der Waals surface area (Å²) in [6.07, 6.45) is 1.14.